The lowest BCUT2D eigenvalue weighted by Crippen LogP contribution is -2.16. The van der Waals surface area contributed by atoms with Crippen LogP contribution in [0.15, 0.2) is 22.1 Å². The summed E-state index contributed by atoms with van der Waals surface area (Å²) in [7, 11) is 0. The van der Waals surface area contributed by atoms with E-state index in [4.69, 9.17) is 4.42 Å². The molecule has 0 aromatic carbocycles. The van der Waals surface area contributed by atoms with E-state index >= 15 is 0 Å². The fourth-order valence-corrected chi connectivity index (χ4v) is 2.70. The summed E-state index contributed by atoms with van der Waals surface area (Å²) in [5.41, 5.74) is 1.26. The van der Waals surface area contributed by atoms with E-state index in [1.54, 1.807) is 11.3 Å². The van der Waals surface area contributed by atoms with Crippen LogP contribution in [-0.4, -0.2) is 18.1 Å². The van der Waals surface area contributed by atoms with Gasteiger partial charge in [-0.05, 0) is 49.9 Å². The molecule has 98 valence electrons. The summed E-state index contributed by atoms with van der Waals surface area (Å²) in [6.45, 7) is 6.40. The molecule has 0 unspecified atom stereocenters. The van der Waals surface area contributed by atoms with Gasteiger partial charge in [0.05, 0.1) is 11.1 Å². The van der Waals surface area contributed by atoms with Gasteiger partial charge < -0.3 is 9.73 Å². The molecule has 0 fully saturated rings. The average Bonchev–Trinajstić information content (AvgIpc) is 2.97. The average molecular weight is 264 g/mol. The van der Waals surface area contributed by atoms with Gasteiger partial charge >= 0.3 is 0 Å². The van der Waals surface area contributed by atoms with E-state index in [1.807, 2.05) is 6.20 Å². The van der Waals surface area contributed by atoms with Crippen LogP contribution in [0.5, 0.6) is 0 Å². The molecule has 0 amide bonds. The fourth-order valence-electron chi connectivity index (χ4n) is 1.82. The SMILES string of the molecule is CCCNCCCc1ncc(-c2sccc2C)o1. The Morgan fingerprint density at radius 2 is 2.28 bits per heavy atom. The van der Waals surface area contributed by atoms with Crippen molar-refractivity contribution in [2.75, 3.05) is 13.1 Å². The second-order valence-corrected chi connectivity index (χ2v) is 5.32. The molecule has 0 saturated heterocycles. The molecule has 0 aliphatic heterocycles. The minimum absolute atomic E-state index is 0.844. The maximum absolute atomic E-state index is 5.79. The van der Waals surface area contributed by atoms with E-state index in [0.29, 0.717) is 0 Å². The number of aromatic nitrogens is 1. The first-order chi connectivity index (χ1) is 8.81. The van der Waals surface area contributed by atoms with Crippen molar-refractivity contribution < 1.29 is 4.42 Å². The van der Waals surface area contributed by atoms with Crippen LogP contribution in [0.4, 0.5) is 0 Å². The first kappa shape index (κ1) is 13.3. The van der Waals surface area contributed by atoms with E-state index in [0.717, 1.165) is 37.6 Å². The molecule has 0 atom stereocenters. The van der Waals surface area contributed by atoms with Gasteiger partial charge in [-0.2, -0.15) is 0 Å². The minimum atomic E-state index is 0.844. The van der Waals surface area contributed by atoms with Gasteiger partial charge in [-0.3, -0.25) is 0 Å². The van der Waals surface area contributed by atoms with E-state index < -0.39 is 0 Å². The molecule has 2 rings (SSSR count). The molecule has 2 aromatic rings. The van der Waals surface area contributed by atoms with Gasteiger partial charge in [-0.15, -0.1) is 11.3 Å². The van der Waals surface area contributed by atoms with Gasteiger partial charge in [0.2, 0.25) is 0 Å². The molecule has 0 radical (unpaired) electrons. The number of aryl methyl sites for hydroxylation is 2. The van der Waals surface area contributed by atoms with Gasteiger partial charge in [0.15, 0.2) is 11.7 Å². The summed E-state index contributed by atoms with van der Waals surface area (Å²) in [5.74, 6) is 1.75. The topological polar surface area (TPSA) is 38.1 Å². The lowest BCUT2D eigenvalue weighted by molar-refractivity contribution is 0.492. The predicted octanol–water partition coefficient (Wildman–Crippen LogP) is 3.64. The highest BCUT2D eigenvalue weighted by Crippen LogP contribution is 2.29. The number of nitrogens with one attached hydrogen (secondary N) is 1. The normalized spacial score (nSPS) is 11.0. The smallest absolute Gasteiger partial charge is 0.194 e. The van der Waals surface area contributed by atoms with Crippen molar-refractivity contribution in [1.29, 1.82) is 0 Å². The summed E-state index contributed by atoms with van der Waals surface area (Å²) in [6, 6.07) is 2.11. The summed E-state index contributed by atoms with van der Waals surface area (Å²) < 4.78 is 5.79. The zero-order valence-corrected chi connectivity index (χ0v) is 11.8. The molecule has 1 N–H and O–H groups in total. The summed E-state index contributed by atoms with van der Waals surface area (Å²) >= 11 is 1.70. The molecule has 0 aliphatic carbocycles. The summed E-state index contributed by atoms with van der Waals surface area (Å²) in [6.07, 6.45) is 5.00. The maximum Gasteiger partial charge on any atom is 0.194 e. The predicted molar refractivity (Wildman–Crippen MR) is 76.0 cm³/mol. The Kier molecular flexibility index (Phi) is 4.96. The van der Waals surface area contributed by atoms with Gasteiger partial charge in [0, 0.05) is 6.42 Å². The Labute approximate surface area is 112 Å². The Balaban J connectivity index is 1.85. The molecule has 0 saturated carbocycles. The van der Waals surface area contributed by atoms with E-state index in [2.05, 4.69) is 35.6 Å². The van der Waals surface area contributed by atoms with Crippen LogP contribution in [0.1, 0.15) is 31.2 Å². The van der Waals surface area contributed by atoms with Crippen LogP contribution in [0.3, 0.4) is 0 Å². The van der Waals surface area contributed by atoms with E-state index in [1.165, 1.54) is 16.9 Å². The van der Waals surface area contributed by atoms with Crippen LogP contribution < -0.4 is 5.32 Å². The molecule has 3 nitrogen and oxygen atoms in total. The number of hydrogen-bond acceptors (Lipinski definition) is 4. The number of rotatable bonds is 7. The first-order valence-electron chi connectivity index (χ1n) is 6.51. The zero-order chi connectivity index (χ0) is 12.8. The molecule has 0 aliphatic rings. The Hall–Kier alpha value is -1.13. The number of hydrogen-bond donors (Lipinski definition) is 1. The van der Waals surface area contributed by atoms with Crippen LogP contribution in [0, 0.1) is 6.92 Å². The van der Waals surface area contributed by atoms with E-state index in [-0.39, 0.29) is 0 Å². The molecule has 2 aromatic heterocycles. The van der Waals surface area contributed by atoms with E-state index in [9.17, 15) is 0 Å². The third kappa shape index (κ3) is 3.43. The van der Waals surface area contributed by atoms with Gasteiger partial charge in [0.25, 0.3) is 0 Å². The highest BCUT2D eigenvalue weighted by molar-refractivity contribution is 7.13. The highest BCUT2D eigenvalue weighted by atomic mass is 32.1. The lowest BCUT2D eigenvalue weighted by atomic mass is 10.2. The quantitative estimate of drug-likeness (QED) is 0.776. The molecular weight excluding hydrogens is 244 g/mol. The van der Waals surface area contributed by atoms with Crippen molar-refractivity contribution in [2.24, 2.45) is 0 Å². The lowest BCUT2D eigenvalue weighted by Gasteiger charge is -2.00. The van der Waals surface area contributed by atoms with Crippen molar-refractivity contribution in [2.45, 2.75) is 33.1 Å². The molecule has 18 heavy (non-hydrogen) atoms. The first-order valence-corrected chi connectivity index (χ1v) is 7.39. The number of thiophene rings is 1. The summed E-state index contributed by atoms with van der Waals surface area (Å²) in [5, 5.41) is 5.47. The molecule has 2 heterocycles. The van der Waals surface area contributed by atoms with Crippen LogP contribution in [-0.2, 0) is 6.42 Å². The Morgan fingerprint density at radius 3 is 3.00 bits per heavy atom. The van der Waals surface area contributed by atoms with Gasteiger partial charge in [0.1, 0.15) is 0 Å². The molecule has 0 spiro atoms. The third-order valence-corrected chi connectivity index (χ3v) is 3.84. The Morgan fingerprint density at radius 1 is 1.39 bits per heavy atom. The van der Waals surface area contributed by atoms with Crippen LogP contribution >= 0.6 is 11.3 Å². The van der Waals surface area contributed by atoms with Gasteiger partial charge in [-0.1, -0.05) is 6.92 Å². The molecular formula is C14H20N2OS. The Bertz CT molecular complexity index is 476. The largest absolute Gasteiger partial charge is 0.440 e. The minimum Gasteiger partial charge on any atom is -0.440 e. The molecule has 0 bridgehead atoms. The third-order valence-electron chi connectivity index (χ3n) is 2.81. The van der Waals surface area contributed by atoms with Crippen molar-refractivity contribution >= 4 is 11.3 Å². The maximum atomic E-state index is 5.79. The molecule has 4 heteroatoms. The summed E-state index contributed by atoms with van der Waals surface area (Å²) in [4.78, 5) is 5.54. The fraction of sp³-hybridized carbons (Fsp3) is 0.500. The second-order valence-electron chi connectivity index (χ2n) is 4.40. The van der Waals surface area contributed by atoms with Crippen molar-refractivity contribution in [1.82, 2.24) is 10.3 Å². The number of nitrogens with zero attached hydrogens (tertiary/aromatic N) is 1. The van der Waals surface area contributed by atoms with Crippen LogP contribution in [0.25, 0.3) is 10.6 Å². The standard InChI is InChI=1S/C14H20N2OS/c1-3-7-15-8-4-5-13-16-10-12(17-13)14-11(2)6-9-18-14/h6,9-10,15H,3-5,7-8H2,1-2H3. The monoisotopic (exact) mass is 264 g/mol. The second kappa shape index (κ2) is 6.71. The van der Waals surface area contributed by atoms with Crippen molar-refractivity contribution in [3.63, 3.8) is 0 Å². The number of oxazole rings is 1. The van der Waals surface area contributed by atoms with Crippen LogP contribution in [0.2, 0.25) is 0 Å². The van der Waals surface area contributed by atoms with Crippen molar-refractivity contribution in [3.8, 4) is 10.6 Å². The highest BCUT2D eigenvalue weighted by Gasteiger charge is 2.09. The van der Waals surface area contributed by atoms with Gasteiger partial charge in [-0.25, -0.2) is 4.98 Å². The zero-order valence-electron chi connectivity index (χ0n) is 11.0. The van der Waals surface area contributed by atoms with Crippen molar-refractivity contribution in [3.05, 3.63) is 29.1 Å².